The number of rotatable bonds is 12. The van der Waals surface area contributed by atoms with Crippen molar-refractivity contribution in [3.05, 3.63) is 186 Å². The monoisotopic (exact) mass is 1080 g/mol. The van der Waals surface area contributed by atoms with Gasteiger partial charge in [0.15, 0.2) is 0 Å². The van der Waals surface area contributed by atoms with E-state index in [1.807, 2.05) is 85.1 Å². The molecule has 0 saturated carbocycles. The van der Waals surface area contributed by atoms with Crippen molar-refractivity contribution >= 4 is 139 Å². The van der Waals surface area contributed by atoms with Gasteiger partial charge in [0, 0.05) is 68.9 Å². The third kappa shape index (κ3) is 10.4. The molecule has 0 atom stereocenters. The van der Waals surface area contributed by atoms with Crippen molar-refractivity contribution in [2.75, 3.05) is 0 Å². The summed E-state index contributed by atoms with van der Waals surface area (Å²) in [5.74, 6) is -1.74. The number of furan rings is 2. The fourth-order valence-corrected chi connectivity index (χ4v) is 12.0. The SMILES string of the molecule is Cc1ccc2oc(Cn3nc(CC(=O)O)c4cscc4c3=O)cc2c1.O=C(O)Cc1nn(Cc2cc3ccccc3o2)c(=O)c2cscc12.O=C(O)Cc1nn(Cc2csc3ccc(Cl)cc23)c(=O)c2cscc12. The number of aliphatic carboxylic acids is 3. The van der Waals surface area contributed by atoms with E-state index < -0.39 is 17.9 Å². The Morgan fingerprint density at radius 2 is 0.986 bits per heavy atom. The number of aromatic nitrogens is 6. The number of carboxylic acids is 3. The highest BCUT2D eigenvalue weighted by Gasteiger charge is 2.19. The first-order valence-corrected chi connectivity index (χ1v) is 26.4. The van der Waals surface area contributed by atoms with Crippen molar-refractivity contribution in [2.24, 2.45) is 0 Å². The molecule has 0 aliphatic heterocycles. The summed E-state index contributed by atoms with van der Waals surface area (Å²) in [6.45, 7) is 2.59. The number of hydrogen-bond acceptors (Lipinski definition) is 15. The Hall–Kier alpha value is -8.08. The van der Waals surface area contributed by atoms with Gasteiger partial charge in [0.05, 0.1) is 59.0 Å². The molecule has 3 N–H and O–H groups in total. The van der Waals surface area contributed by atoms with Crippen molar-refractivity contribution in [2.45, 2.75) is 45.8 Å². The third-order valence-electron chi connectivity index (χ3n) is 11.7. The number of thiophene rings is 4. The lowest BCUT2D eigenvalue weighted by atomic mass is 10.1. The zero-order chi connectivity index (χ0) is 51.8. The molecule has 0 amide bonds. The van der Waals surface area contributed by atoms with Gasteiger partial charge >= 0.3 is 17.9 Å². The van der Waals surface area contributed by atoms with Gasteiger partial charge in [0.1, 0.15) is 35.8 Å². The fourth-order valence-electron chi connectivity index (χ4n) is 8.40. The number of para-hydroxylation sites is 1. The number of halogens is 1. The van der Waals surface area contributed by atoms with Crippen LogP contribution in [0, 0.1) is 6.92 Å². The third-order valence-corrected chi connectivity index (χ3v) is 15.2. The Bertz CT molecular complexity index is 4310. The highest BCUT2D eigenvalue weighted by Crippen LogP contribution is 2.30. The number of nitrogens with zero attached hydrogens (tertiary/aromatic N) is 6. The van der Waals surface area contributed by atoms with E-state index in [1.165, 1.54) is 48.1 Å². The van der Waals surface area contributed by atoms with Gasteiger partial charge < -0.3 is 24.2 Å². The highest BCUT2D eigenvalue weighted by atomic mass is 35.5. The number of hydrogen-bond donors (Lipinski definition) is 3. The van der Waals surface area contributed by atoms with Crippen molar-refractivity contribution in [1.29, 1.82) is 0 Å². The molecule has 0 unspecified atom stereocenters. The Morgan fingerprint density at radius 1 is 0.527 bits per heavy atom. The zero-order valence-corrected chi connectivity index (χ0v) is 42.5. The molecule has 12 rings (SSSR count). The van der Waals surface area contributed by atoms with Crippen LogP contribution in [-0.2, 0) is 53.3 Å². The van der Waals surface area contributed by atoms with E-state index in [0.29, 0.717) is 65.9 Å². The standard InChI is InChI=1S/C18H14N2O4S.C17H11ClN2O3S2.C17H12N2O4S/c1-10-2-3-16-11(4-10)5-12(24-16)7-20-18(23)14-9-25-8-13(14)15(19-20)6-17(21)22;18-10-1-2-15-11(3-10)9(6-25-15)5-20-17(23)13-8-24-7-12(13)14(19-20)4-16(21)22;20-16(21)6-14-12-8-24-9-13(12)17(22)19(18-14)7-11-5-10-3-1-2-4-15(10)23-11/h2-5,8-9H,6-7H2,1H3,(H,21,22);1-3,6-8H,4-5H2,(H,21,22);1-5,8-9H,6-7H2,(H,20,21). The molecule has 17 nitrogen and oxygen atoms in total. The lowest BCUT2D eigenvalue weighted by Gasteiger charge is -2.08. The Morgan fingerprint density at radius 3 is 1.49 bits per heavy atom. The number of fused-ring (bicyclic) bond motifs is 6. The highest BCUT2D eigenvalue weighted by molar-refractivity contribution is 7.17. The summed E-state index contributed by atoms with van der Waals surface area (Å²) in [4.78, 5) is 71.2. The Balaban J connectivity index is 0.000000127. The predicted molar refractivity (Wildman–Crippen MR) is 287 cm³/mol. The summed E-state index contributed by atoms with van der Waals surface area (Å²) in [5, 5.41) is 59.4. The molecule has 0 aliphatic carbocycles. The zero-order valence-electron chi connectivity index (χ0n) is 38.5. The van der Waals surface area contributed by atoms with Crippen LogP contribution < -0.4 is 16.7 Å². The minimum absolute atomic E-state index is 0.158. The van der Waals surface area contributed by atoms with Crippen LogP contribution in [0.2, 0.25) is 5.02 Å². The maximum absolute atomic E-state index is 12.7. The molecule has 0 bridgehead atoms. The van der Waals surface area contributed by atoms with Gasteiger partial charge in [-0.15, -0.1) is 11.3 Å². The van der Waals surface area contributed by atoms with Crippen molar-refractivity contribution in [1.82, 2.24) is 29.3 Å². The maximum Gasteiger partial charge on any atom is 0.309 e. The molecular weight excluding hydrogens is 1050 g/mol. The van der Waals surface area contributed by atoms with Crippen LogP contribution >= 0.6 is 56.9 Å². The average Bonchev–Trinajstić information content (AvgIpc) is 4.23. The van der Waals surface area contributed by atoms with Crippen LogP contribution in [0.1, 0.15) is 39.7 Å². The van der Waals surface area contributed by atoms with Gasteiger partial charge in [-0.2, -0.15) is 49.3 Å². The van der Waals surface area contributed by atoms with Crippen LogP contribution in [0.15, 0.2) is 134 Å². The van der Waals surface area contributed by atoms with E-state index in [9.17, 15) is 28.8 Å². The van der Waals surface area contributed by atoms with Crippen LogP contribution in [-0.4, -0.2) is 62.6 Å². The second-order valence-electron chi connectivity index (χ2n) is 16.9. The largest absolute Gasteiger partial charge is 0.481 e. The van der Waals surface area contributed by atoms with Gasteiger partial charge in [-0.25, -0.2) is 14.0 Å². The van der Waals surface area contributed by atoms with Crippen molar-refractivity contribution in [3.8, 4) is 0 Å². The molecule has 74 heavy (non-hydrogen) atoms. The number of carbonyl (C=O) groups is 3. The number of carboxylic acid groups (broad SMARTS) is 3. The van der Waals surface area contributed by atoms with Crippen molar-refractivity contribution < 1.29 is 38.5 Å². The van der Waals surface area contributed by atoms with Crippen LogP contribution in [0.25, 0.3) is 64.3 Å². The molecule has 0 radical (unpaired) electrons. The fraction of sp³-hybridized carbons (Fsp3) is 0.135. The summed E-state index contributed by atoms with van der Waals surface area (Å²) >= 11 is 11.7. The van der Waals surface area contributed by atoms with E-state index in [-0.39, 0.29) is 55.6 Å². The molecule has 12 aromatic rings. The van der Waals surface area contributed by atoms with E-state index in [2.05, 4.69) is 15.3 Å². The van der Waals surface area contributed by atoms with Gasteiger partial charge in [0.2, 0.25) is 0 Å². The van der Waals surface area contributed by atoms with E-state index in [1.54, 1.807) is 43.6 Å². The van der Waals surface area contributed by atoms with Gasteiger partial charge in [0.25, 0.3) is 16.7 Å². The molecule has 3 aromatic carbocycles. The van der Waals surface area contributed by atoms with Crippen LogP contribution in [0.5, 0.6) is 0 Å². The molecule has 9 aromatic heterocycles. The lowest BCUT2D eigenvalue weighted by molar-refractivity contribution is -0.137. The summed E-state index contributed by atoms with van der Waals surface area (Å²) in [6.07, 6.45) is -0.676. The minimum Gasteiger partial charge on any atom is -0.481 e. The molecule has 0 spiro atoms. The molecular formula is C52H37ClN6O11S4. The molecule has 9 heterocycles. The van der Waals surface area contributed by atoms with E-state index in [4.69, 9.17) is 35.8 Å². The normalized spacial score (nSPS) is 11.4. The molecule has 0 aliphatic rings. The second-order valence-corrected chi connectivity index (χ2v) is 20.5. The molecule has 0 saturated heterocycles. The first-order valence-electron chi connectivity index (χ1n) is 22.3. The summed E-state index contributed by atoms with van der Waals surface area (Å²) in [5.41, 5.74) is 4.01. The number of aryl methyl sites for hydroxylation is 1. The molecule has 22 heteroatoms. The Labute approximate surface area is 436 Å². The summed E-state index contributed by atoms with van der Waals surface area (Å²) in [6, 6.07) is 22.8. The van der Waals surface area contributed by atoms with E-state index in [0.717, 1.165) is 43.2 Å². The quantitative estimate of drug-likeness (QED) is 0.103. The van der Waals surface area contributed by atoms with Gasteiger partial charge in [-0.1, -0.05) is 41.4 Å². The minimum atomic E-state index is -0.982. The molecule has 372 valence electrons. The average molecular weight is 1090 g/mol. The number of benzene rings is 3. The first-order chi connectivity index (χ1) is 35.6. The molecule has 0 fully saturated rings. The Kier molecular flexibility index (Phi) is 13.9. The van der Waals surface area contributed by atoms with Gasteiger partial charge in [-0.3, -0.25) is 28.8 Å². The maximum atomic E-state index is 12.7. The van der Waals surface area contributed by atoms with Crippen LogP contribution in [0.3, 0.4) is 0 Å². The van der Waals surface area contributed by atoms with Crippen LogP contribution in [0.4, 0.5) is 0 Å². The first kappa shape index (κ1) is 49.5. The smallest absolute Gasteiger partial charge is 0.309 e. The predicted octanol–water partition coefficient (Wildman–Crippen LogP) is 10.1. The second kappa shape index (κ2) is 20.8. The van der Waals surface area contributed by atoms with Gasteiger partial charge in [-0.05, 0) is 71.8 Å². The topological polar surface area (TPSA) is 243 Å². The van der Waals surface area contributed by atoms with Crippen molar-refractivity contribution in [3.63, 3.8) is 0 Å². The van der Waals surface area contributed by atoms with E-state index >= 15 is 0 Å². The summed E-state index contributed by atoms with van der Waals surface area (Å²) in [7, 11) is 0. The lowest BCUT2D eigenvalue weighted by Crippen LogP contribution is -2.25. The summed E-state index contributed by atoms with van der Waals surface area (Å²) < 4.78 is 16.5.